The lowest BCUT2D eigenvalue weighted by atomic mass is 9.82. The van der Waals surface area contributed by atoms with Gasteiger partial charge in [0.1, 0.15) is 5.84 Å². The van der Waals surface area contributed by atoms with E-state index in [2.05, 4.69) is 4.72 Å². The molecule has 5 nitrogen and oxygen atoms in total. The van der Waals surface area contributed by atoms with Gasteiger partial charge in [-0.05, 0) is 18.4 Å². The molecule has 1 saturated carbocycles. The molecule has 6 heteroatoms. The van der Waals surface area contributed by atoms with E-state index in [1.807, 2.05) is 18.2 Å². The summed E-state index contributed by atoms with van der Waals surface area (Å²) in [6.07, 6.45) is 4.07. The van der Waals surface area contributed by atoms with Crippen molar-refractivity contribution in [3.05, 3.63) is 35.9 Å². The zero-order chi connectivity index (χ0) is 14.6. The van der Waals surface area contributed by atoms with Crippen LogP contribution in [0.25, 0.3) is 0 Å². The van der Waals surface area contributed by atoms with Crippen LogP contribution in [0.15, 0.2) is 30.3 Å². The highest BCUT2D eigenvalue weighted by Crippen LogP contribution is 2.29. The summed E-state index contributed by atoms with van der Waals surface area (Å²) in [5.74, 6) is -0.156. The Kier molecular flexibility index (Phi) is 4.45. The summed E-state index contributed by atoms with van der Waals surface area (Å²) in [6.45, 7) is 0. The highest BCUT2D eigenvalue weighted by molar-refractivity contribution is 7.88. The van der Waals surface area contributed by atoms with Crippen molar-refractivity contribution < 1.29 is 8.42 Å². The number of nitrogens with one attached hydrogen (secondary N) is 2. The lowest BCUT2D eigenvalue weighted by molar-refractivity contribution is 0.348. The maximum atomic E-state index is 12.3. The molecule has 0 aromatic heterocycles. The number of hydrogen-bond donors (Lipinski definition) is 3. The van der Waals surface area contributed by atoms with Crippen molar-refractivity contribution in [3.63, 3.8) is 0 Å². The monoisotopic (exact) mass is 295 g/mol. The minimum absolute atomic E-state index is 0.0752. The first-order chi connectivity index (χ1) is 9.44. The topological polar surface area (TPSA) is 96.0 Å². The molecule has 2 rings (SSSR count). The molecule has 0 radical (unpaired) electrons. The number of amidine groups is 1. The van der Waals surface area contributed by atoms with E-state index in [4.69, 9.17) is 11.1 Å². The van der Waals surface area contributed by atoms with Gasteiger partial charge in [-0.2, -0.15) is 0 Å². The quantitative estimate of drug-likeness (QED) is 0.570. The van der Waals surface area contributed by atoms with Crippen molar-refractivity contribution in [2.75, 3.05) is 0 Å². The van der Waals surface area contributed by atoms with E-state index >= 15 is 0 Å². The number of hydrogen-bond acceptors (Lipinski definition) is 3. The molecular formula is C14H21N3O2S. The molecular weight excluding hydrogens is 274 g/mol. The van der Waals surface area contributed by atoms with Gasteiger partial charge in [0.15, 0.2) is 0 Å². The molecule has 0 saturated heterocycles. The van der Waals surface area contributed by atoms with Crippen LogP contribution in [-0.2, 0) is 15.8 Å². The van der Waals surface area contributed by atoms with E-state index in [0.717, 1.165) is 24.8 Å². The predicted octanol–water partition coefficient (Wildman–Crippen LogP) is 1.74. The van der Waals surface area contributed by atoms with Gasteiger partial charge in [-0.25, -0.2) is 13.1 Å². The van der Waals surface area contributed by atoms with Crippen LogP contribution in [0.2, 0.25) is 0 Å². The third-order valence-corrected chi connectivity index (χ3v) is 5.19. The summed E-state index contributed by atoms with van der Waals surface area (Å²) in [5.41, 5.74) is 5.51. The molecule has 20 heavy (non-hydrogen) atoms. The molecule has 0 atom stereocenters. The van der Waals surface area contributed by atoms with E-state index < -0.39 is 15.6 Å². The minimum atomic E-state index is -3.51. The van der Waals surface area contributed by atoms with Gasteiger partial charge in [0.05, 0.1) is 11.3 Å². The molecule has 110 valence electrons. The Hall–Kier alpha value is -1.40. The van der Waals surface area contributed by atoms with Crippen LogP contribution in [0.4, 0.5) is 0 Å². The molecule has 0 aliphatic heterocycles. The molecule has 0 heterocycles. The molecule has 1 aromatic rings. The van der Waals surface area contributed by atoms with Crippen molar-refractivity contribution >= 4 is 15.9 Å². The van der Waals surface area contributed by atoms with Gasteiger partial charge in [0.2, 0.25) is 10.0 Å². The van der Waals surface area contributed by atoms with Crippen LogP contribution in [0.5, 0.6) is 0 Å². The molecule has 1 aliphatic carbocycles. The Morgan fingerprint density at radius 1 is 1.20 bits per heavy atom. The van der Waals surface area contributed by atoms with Gasteiger partial charge in [-0.15, -0.1) is 0 Å². The van der Waals surface area contributed by atoms with E-state index in [1.165, 1.54) is 0 Å². The fourth-order valence-corrected chi connectivity index (χ4v) is 4.32. The number of rotatable bonds is 5. The lowest BCUT2D eigenvalue weighted by Crippen LogP contribution is -2.58. The zero-order valence-electron chi connectivity index (χ0n) is 11.4. The first kappa shape index (κ1) is 15.0. The largest absolute Gasteiger partial charge is 0.386 e. The SMILES string of the molecule is N=C(N)C1(NS(=O)(=O)Cc2ccccc2)CCCCC1. The van der Waals surface area contributed by atoms with Gasteiger partial charge in [0.25, 0.3) is 0 Å². The molecule has 0 amide bonds. The Morgan fingerprint density at radius 2 is 1.80 bits per heavy atom. The van der Waals surface area contributed by atoms with E-state index in [-0.39, 0.29) is 11.6 Å². The van der Waals surface area contributed by atoms with Crippen LogP contribution < -0.4 is 10.5 Å². The Bertz CT molecular complexity index is 563. The summed E-state index contributed by atoms with van der Waals surface area (Å²) in [4.78, 5) is 0. The van der Waals surface area contributed by atoms with Gasteiger partial charge < -0.3 is 5.73 Å². The maximum absolute atomic E-state index is 12.3. The normalized spacial score (nSPS) is 18.6. The second kappa shape index (κ2) is 5.93. The average molecular weight is 295 g/mol. The molecule has 0 bridgehead atoms. The van der Waals surface area contributed by atoms with Gasteiger partial charge >= 0.3 is 0 Å². The highest BCUT2D eigenvalue weighted by atomic mass is 32.2. The van der Waals surface area contributed by atoms with Crippen molar-refractivity contribution in [1.29, 1.82) is 5.41 Å². The van der Waals surface area contributed by atoms with Crippen molar-refractivity contribution in [2.24, 2.45) is 5.73 Å². The summed E-state index contributed by atoms with van der Waals surface area (Å²) in [6, 6.07) is 9.03. The minimum Gasteiger partial charge on any atom is -0.386 e. The molecule has 4 N–H and O–H groups in total. The Labute approximate surface area is 120 Å². The first-order valence-corrected chi connectivity index (χ1v) is 8.49. The molecule has 1 fully saturated rings. The maximum Gasteiger partial charge on any atom is 0.216 e. The fourth-order valence-electron chi connectivity index (χ4n) is 2.71. The van der Waals surface area contributed by atoms with Crippen LogP contribution in [0.1, 0.15) is 37.7 Å². The van der Waals surface area contributed by atoms with E-state index in [1.54, 1.807) is 12.1 Å². The van der Waals surface area contributed by atoms with Gasteiger partial charge in [-0.1, -0.05) is 49.6 Å². The summed E-state index contributed by atoms with van der Waals surface area (Å²) in [5, 5.41) is 7.75. The number of benzene rings is 1. The molecule has 0 spiro atoms. The summed E-state index contributed by atoms with van der Waals surface area (Å²) < 4.78 is 27.3. The van der Waals surface area contributed by atoms with Crippen molar-refractivity contribution in [3.8, 4) is 0 Å². The third-order valence-electron chi connectivity index (χ3n) is 3.77. The van der Waals surface area contributed by atoms with Crippen LogP contribution in [-0.4, -0.2) is 19.8 Å². The van der Waals surface area contributed by atoms with Crippen molar-refractivity contribution in [2.45, 2.75) is 43.4 Å². The Morgan fingerprint density at radius 3 is 2.35 bits per heavy atom. The number of nitrogens with two attached hydrogens (primary N) is 1. The predicted molar refractivity (Wildman–Crippen MR) is 79.9 cm³/mol. The standard InChI is InChI=1S/C14H21N3O2S/c15-13(16)14(9-5-2-6-10-14)17-20(18,19)11-12-7-3-1-4-8-12/h1,3-4,7-8,17H,2,5-6,9-11H2,(H3,15,16). The lowest BCUT2D eigenvalue weighted by Gasteiger charge is -2.36. The zero-order valence-corrected chi connectivity index (χ0v) is 12.2. The first-order valence-electron chi connectivity index (χ1n) is 6.84. The van der Waals surface area contributed by atoms with Crippen molar-refractivity contribution in [1.82, 2.24) is 4.72 Å². The number of sulfonamides is 1. The van der Waals surface area contributed by atoms with Gasteiger partial charge in [0, 0.05) is 0 Å². The smallest absolute Gasteiger partial charge is 0.216 e. The second-order valence-corrected chi connectivity index (χ2v) is 7.13. The van der Waals surface area contributed by atoms with E-state index in [0.29, 0.717) is 12.8 Å². The Balaban J connectivity index is 2.15. The van der Waals surface area contributed by atoms with Gasteiger partial charge in [-0.3, -0.25) is 5.41 Å². The van der Waals surface area contributed by atoms with E-state index in [9.17, 15) is 8.42 Å². The summed E-state index contributed by atoms with van der Waals surface area (Å²) in [7, 11) is -3.51. The third kappa shape index (κ3) is 3.58. The highest BCUT2D eigenvalue weighted by Gasteiger charge is 2.38. The van der Waals surface area contributed by atoms with Crippen LogP contribution >= 0.6 is 0 Å². The van der Waals surface area contributed by atoms with Crippen LogP contribution in [0, 0.1) is 5.41 Å². The molecule has 1 aliphatic rings. The molecule has 1 aromatic carbocycles. The second-order valence-electron chi connectivity index (χ2n) is 5.40. The molecule has 0 unspecified atom stereocenters. The fraction of sp³-hybridized carbons (Fsp3) is 0.500. The van der Waals surface area contributed by atoms with Crippen LogP contribution in [0.3, 0.4) is 0 Å². The average Bonchev–Trinajstić information content (AvgIpc) is 2.39. The summed E-state index contributed by atoms with van der Waals surface area (Å²) >= 11 is 0.